The van der Waals surface area contributed by atoms with Crippen molar-refractivity contribution in [3.63, 3.8) is 0 Å². The lowest BCUT2D eigenvalue weighted by Gasteiger charge is -2.17. The monoisotopic (exact) mass is 449 g/mol. The minimum atomic E-state index is -3.62. The average Bonchev–Trinajstić information content (AvgIpc) is 2.69. The molecule has 7 heteroatoms. The number of hydroxylamine groups is 1. The molecular weight excluding hydrogens is 402 g/mol. The molecule has 0 saturated heterocycles. The van der Waals surface area contributed by atoms with E-state index in [1.165, 1.54) is 89.9 Å². The Balaban J connectivity index is 4.09. The summed E-state index contributed by atoms with van der Waals surface area (Å²) in [6.07, 6.45) is 21.0. The van der Waals surface area contributed by atoms with Crippen LogP contribution in [0.1, 0.15) is 117 Å². The van der Waals surface area contributed by atoms with Crippen LogP contribution in [-0.4, -0.2) is 33.8 Å². The third-order valence-electron chi connectivity index (χ3n) is 5.34. The summed E-state index contributed by atoms with van der Waals surface area (Å²) in [5.41, 5.74) is 2.14. The summed E-state index contributed by atoms with van der Waals surface area (Å²) in [5, 5.41) is 0. The number of nitrogens with one attached hydrogen (secondary N) is 1. The van der Waals surface area contributed by atoms with Gasteiger partial charge < -0.3 is 4.74 Å². The second-order valence-electron chi connectivity index (χ2n) is 8.48. The van der Waals surface area contributed by atoms with Crippen molar-refractivity contribution in [2.24, 2.45) is 5.92 Å². The largest absolute Gasteiger partial charge is 0.464 e. The summed E-state index contributed by atoms with van der Waals surface area (Å²) < 4.78 is 31.5. The van der Waals surface area contributed by atoms with Crippen LogP contribution in [0.4, 0.5) is 0 Å². The molecule has 6 nitrogen and oxygen atoms in total. The summed E-state index contributed by atoms with van der Waals surface area (Å²) in [7, 11) is -3.62. The maximum Gasteiger partial charge on any atom is 0.322 e. The van der Waals surface area contributed by atoms with E-state index in [0.717, 1.165) is 19.1 Å². The number of esters is 1. The maximum atomic E-state index is 11.8. The predicted octanol–water partition coefficient (Wildman–Crippen LogP) is 5.91. The third kappa shape index (κ3) is 22.0. The van der Waals surface area contributed by atoms with Crippen molar-refractivity contribution in [3.05, 3.63) is 0 Å². The van der Waals surface area contributed by atoms with Gasteiger partial charge in [0.25, 0.3) is 10.1 Å². The highest BCUT2D eigenvalue weighted by Gasteiger charge is 2.13. The molecule has 0 aromatic carbocycles. The van der Waals surface area contributed by atoms with Crippen molar-refractivity contribution in [2.75, 3.05) is 19.4 Å². The van der Waals surface area contributed by atoms with Crippen LogP contribution < -0.4 is 5.48 Å². The number of rotatable bonds is 22. The van der Waals surface area contributed by atoms with Gasteiger partial charge in [-0.25, -0.2) is 0 Å². The molecule has 1 atom stereocenters. The molecule has 0 spiro atoms. The molecule has 0 aromatic heterocycles. The molecule has 0 rings (SSSR count). The van der Waals surface area contributed by atoms with E-state index < -0.39 is 16.1 Å². The standard InChI is InChI=1S/C23H47NO5S/c1-4-6-8-10-12-13-15-17-19-22(18-16-14-11-9-7-5-2)21-28-23(25)20-24-29-30(3,26)27/h22,24H,4-21H2,1-3H3. The Labute approximate surface area is 185 Å². The second-order valence-corrected chi connectivity index (χ2v) is 10.1. The summed E-state index contributed by atoms with van der Waals surface area (Å²) in [6, 6.07) is 0. The van der Waals surface area contributed by atoms with Crippen molar-refractivity contribution in [1.29, 1.82) is 0 Å². The molecular formula is C23H47NO5S. The van der Waals surface area contributed by atoms with Gasteiger partial charge in [0.05, 0.1) is 12.9 Å². The molecule has 1 unspecified atom stereocenters. The second kappa shape index (κ2) is 20.3. The van der Waals surface area contributed by atoms with Gasteiger partial charge in [0.2, 0.25) is 0 Å². The SMILES string of the molecule is CCCCCCCCCCC(CCCCCCCC)COC(=O)CNOS(C)(=O)=O. The zero-order chi connectivity index (χ0) is 22.5. The number of hydrogen-bond donors (Lipinski definition) is 1. The molecule has 0 aliphatic rings. The van der Waals surface area contributed by atoms with Gasteiger partial charge in [0.1, 0.15) is 6.54 Å². The fourth-order valence-corrected chi connectivity index (χ4v) is 3.82. The Kier molecular flexibility index (Phi) is 19.8. The Morgan fingerprint density at radius 1 is 0.767 bits per heavy atom. The van der Waals surface area contributed by atoms with Crippen molar-refractivity contribution < 1.29 is 22.2 Å². The van der Waals surface area contributed by atoms with Crippen molar-refractivity contribution in [2.45, 2.75) is 117 Å². The Bertz CT molecular complexity index is 496. The summed E-state index contributed by atoms with van der Waals surface area (Å²) in [6.45, 7) is 4.61. The lowest BCUT2D eigenvalue weighted by molar-refractivity contribution is -0.145. The van der Waals surface area contributed by atoms with E-state index in [-0.39, 0.29) is 6.54 Å². The smallest absolute Gasteiger partial charge is 0.322 e. The Morgan fingerprint density at radius 2 is 1.20 bits per heavy atom. The van der Waals surface area contributed by atoms with Gasteiger partial charge in [-0.3, -0.25) is 4.79 Å². The number of hydrogen-bond acceptors (Lipinski definition) is 6. The van der Waals surface area contributed by atoms with Crippen LogP contribution in [0.15, 0.2) is 0 Å². The first-order valence-corrected chi connectivity index (χ1v) is 14.0. The van der Waals surface area contributed by atoms with Gasteiger partial charge in [-0.2, -0.15) is 18.2 Å². The molecule has 0 aromatic rings. The van der Waals surface area contributed by atoms with Gasteiger partial charge in [0.15, 0.2) is 0 Å². The van der Waals surface area contributed by atoms with E-state index in [9.17, 15) is 13.2 Å². The first-order valence-electron chi connectivity index (χ1n) is 12.2. The van der Waals surface area contributed by atoms with Gasteiger partial charge >= 0.3 is 5.97 Å². The molecule has 0 amide bonds. The average molecular weight is 450 g/mol. The minimum Gasteiger partial charge on any atom is -0.464 e. The van der Waals surface area contributed by atoms with Crippen LogP contribution in [0.25, 0.3) is 0 Å². The summed E-state index contributed by atoms with van der Waals surface area (Å²) >= 11 is 0. The zero-order valence-corrected chi connectivity index (χ0v) is 20.6. The molecule has 0 radical (unpaired) electrons. The fraction of sp³-hybridized carbons (Fsp3) is 0.957. The van der Waals surface area contributed by atoms with Crippen molar-refractivity contribution in [3.8, 4) is 0 Å². The third-order valence-corrected chi connectivity index (χ3v) is 5.76. The lowest BCUT2D eigenvalue weighted by Crippen LogP contribution is -2.28. The zero-order valence-electron chi connectivity index (χ0n) is 19.8. The van der Waals surface area contributed by atoms with E-state index in [4.69, 9.17) is 4.74 Å². The van der Waals surface area contributed by atoms with Crippen LogP contribution in [0.3, 0.4) is 0 Å². The number of unbranched alkanes of at least 4 members (excludes halogenated alkanes) is 12. The van der Waals surface area contributed by atoms with E-state index in [2.05, 4.69) is 23.6 Å². The first-order chi connectivity index (χ1) is 14.4. The molecule has 180 valence electrons. The highest BCUT2D eigenvalue weighted by molar-refractivity contribution is 7.85. The van der Waals surface area contributed by atoms with Gasteiger partial charge in [0, 0.05) is 0 Å². The topological polar surface area (TPSA) is 81.7 Å². The molecule has 0 fully saturated rings. The maximum absolute atomic E-state index is 11.8. The van der Waals surface area contributed by atoms with Gasteiger partial charge in [-0.15, -0.1) is 0 Å². The predicted molar refractivity (Wildman–Crippen MR) is 124 cm³/mol. The molecule has 0 saturated carbocycles. The van der Waals surface area contributed by atoms with Crippen molar-refractivity contribution >= 4 is 16.1 Å². The highest BCUT2D eigenvalue weighted by Crippen LogP contribution is 2.20. The fourth-order valence-electron chi connectivity index (χ4n) is 3.55. The van der Waals surface area contributed by atoms with E-state index in [0.29, 0.717) is 12.5 Å². The highest BCUT2D eigenvalue weighted by atomic mass is 32.2. The van der Waals surface area contributed by atoms with Crippen LogP contribution >= 0.6 is 0 Å². The molecule has 0 heterocycles. The first kappa shape index (κ1) is 29.3. The van der Waals surface area contributed by atoms with Crippen LogP contribution in [0.5, 0.6) is 0 Å². The van der Waals surface area contributed by atoms with Crippen LogP contribution in [0.2, 0.25) is 0 Å². The van der Waals surface area contributed by atoms with Crippen LogP contribution in [0, 0.1) is 5.92 Å². The lowest BCUT2D eigenvalue weighted by atomic mass is 9.94. The van der Waals surface area contributed by atoms with Crippen LogP contribution in [-0.2, 0) is 23.9 Å². The van der Waals surface area contributed by atoms with E-state index in [1.54, 1.807) is 0 Å². The normalized spacial score (nSPS) is 12.8. The van der Waals surface area contributed by atoms with E-state index >= 15 is 0 Å². The molecule has 30 heavy (non-hydrogen) atoms. The molecule has 0 bridgehead atoms. The quantitative estimate of drug-likeness (QED) is 0.126. The van der Waals surface area contributed by atoms with Gasteiger partial charge in [-0.1, -0.05) is 104 Å². The van der Waals surface area contributed by atoms with Gasteiger partial charge in [-0.05, 0) is 18.8 Å². The Hall–Kier alpha value is -0.660. The number of ether oxygens (including phenoxy) is 1. The summed E-state index contributed by atoms with van der Waals surface area (Å²) in [4.78, 5) is 11.8. The molecule has 0 aliphatic heterocycles. The Morgan fingerprint density at radius 3 is 1.63 bits per heavy atom. The minimum absolute atomic E-state index is 0.269. The molecule has 0 aliphatic carbocycles. The number of carbonyl (C=O) groups is 1. The van der Waals surface area contributed by atoms with E-state index in [1.807, 2.05) is 0 Å². The number of carbonyl (C=O) groups excluding carboxylic acids is 1. The molecule has 1 N–H and O–H groups in total. The van der Waals surface area contributed by atoms with Crippen molar-refractivity contribution in [1.82, 2.24) is 5.48 Å². The summed E-state index contributed by atoms with van der Waals surface area (Å²) in [5.74, 6) is -0.0986.